The van der Waals surface area contributed by atoms with Gasteiger partial charge >= 0.3 is 0 Å². The summed E-state index contributed by atoms with van der Waals surface area (Å²) in [7, 11) is 0. The molecule has 0 unspecified atom stereocenters. The van der Waals surface area contributed by atoms with Crippen LogP contribution in [0.25, 0.3) is 0 Å². The van der Waals surface area contributed by atoms with E-state index in [-0.39, 0.29) is 12.4 Å². The number of anilines is 1. The Hall–Kier alpha value is -1.56. The van der Waals surface area contributed by atoms with Gasteiger partial charge in [0.05, 0.1) is 5.69 Å². The highest BCUT2D eigenvalue weighted by molar-refractivity contribution is 9.10. The van der Waals surface area contributed by atoms with Crippen molar-refractivity contribution in [1.29, 1.82) is 5.41 Å². The van der Waals surface area contributed by atoms with Crippen LogP contribution in [-0.4, -0.2) is 24.4 Å². The minimum Gasteiger partial charge on any atom is -0.483 e. The number of amides is 1. The fourth-order valence-corrected chi connectivity index (χ4v) is 2.07. The summed E-state index contributed by atoms with van der Waals surface area (Å²) < 4.78 is 6.31. The van der Waals surface area contributed by atoms with Gasteiger partial charge in [0.15, 0.2) is 0 Å². The Morgan fingerprint density at radius 3 is 3.00 bits per heavy atom. The van der Waals surface area contributed by atoms with Crippen molar-refractivity contribution in [3.8, 4) is 5.75 Å². The van der Waals surface area contributed by atoms with Crippen LogP contribution in [0.3, 0.4) is 0 Å². The van der Waals surface area contributed by atoms with Gasteiger partial charge in [-0.15, -0.1) is 0 Å². The van der Waals surface area contributed by atoms with Gasteiger partial charge in [-0.05, 0) is 25.1 Å². The van der Waals surface area contributed by atoms with Gasteiger partial charge in [0.25, 0.3) is 0 Å². The minimum atomic E-state index is -0.564. The number of nitrogens with one attached hydrogen (secondary N) is 1. The zero-order valence-corrected chi connectivity index (χ0v) is 10.8. The Morgan fingerprint density at radius 1 is 1.65 bits per heavy atom. The molecule has 1 atom stereocenters. The third-order valence-corrected chi connectivity index (χ3v) is 3.13. The largest absolute Gasteiger partial charge is 0.483 e. The number of halogens is 1. The van der Waals surface area contributed by atoms with Crippen molar-refractivity contribution in [3.05, 3.63) is 22.7 Å². The summed E-state index contributed by atoms with van der Waals surface area (Å²) in [5.41, 5.74) is 5.98. The average molecular weight is 298 g/mol. The molecule has 0 saturated carbocycles. The molecule has 0 spiro atoms. The number of nitrogens with zero attached hydrogens (tertiary/aromatic N) is 1. The van der Waals surface area contributed by atoms with Gasteiger partial charge in [-0.1, -0.05) is 15.9 Å². The van der Waals surface area contributed by atoms with Gasteiger partial charge in [0, 0.05) is 4.47 Å². The van der Waals surface area contributed by atoms with Gasteiger partial charge < -0.3 is 15.4 Å². The minimum absolute atomic E-state index is 0.140. The molecule has 6 heteroatoms. The van der Waals surface area contributed by atoms with Crippen molar-refractivity contribution in [3.63, 3.8) is 0 Å². The predicted octanol–water partition coefficient (Wildman–Crippen LogP) is 1.50. The molecule has 90 valence electrons. The smallest absolute Gasteiger partial charge is 0.240 e. The van der Waals surface area contributed by atoms with Crippen LogP contribution in [0.2, 0.25) is 0 Å². The van der Waals surface area contributed by atoms with Crippen LogP contribution in [0.1, 0.15) is 6.92 Å². The van der Waals surface area contributed by atoms with Crippen molar-refractivity contribution in [1.82, 2.24) is 0 Å². The molecule has 0 aromatic heterocycles. The lowest BCUT2D eigenvalue weighted by atomic mass is 10.1. The van der Waals surface area contributed by atoms with E-state index in [1.807, 2.05) is 12.1 Å². The second kappa shape index (κ2) is 4.37. The van der Waals surface area contributed by atoms with Crippen molar-refractivity contribution in [2.75, 3.05) is 11.5 Å². The van der Waals surface area contributed by atoms with Crippen molar-refractivity contribution in [2.45, 2.75) is 13.0 Å². The van der Waals surface area contributed by atoms with Crippen LogP contribution >= 0.6 is 15.9 Å². The van der Waals surface area contributed by atoms with Crippen LogP contribution in [0.5, 0.6) is 5.75 Å². The van der Waals surface area contributed by atoms with Gasteiger partial charge in [-0.2, -0.15) is 0 Å². The van der Waals surface area contributed by atoms with E-state index in [2.05, 4.69) is 15.9 Å². The third-order valence-electron chi connectivity index (χ3n) is 2.64. The van der Waals surface area contributed by atoms with Crippen LogP contribution < -0.4 is 15.4 Å². The number of rotatable bonds is 2. The molecule has 5 nitrogen and oxygen atoms in total. The summed E-state index contributed by atoms with van der Waals surface area (Å²) in [5.74, 6) is 0.403. The predicted molar refractivity (Wildman–Crippen MR) is 68.5 cm³/mol. The Bertz CT molecular complexity index is 490. The van der Waals surface area contributed by atoms with Crippen molar-refractivity contribution >= 4 is 33.4 Å². The molecule has 1 aliphatic rings. The van der Waals surface area contributed by atoms with Crippen LogP contribution in [-0.2, 0) is 4.79 Å². The van der Waals surface area contributed by atoms with Crippen LogP contribution in [0, 0.1) is 5.41 Å². The molecule has 3 N–H and O–H groups in total. The molecule has 1 aliphatic heterocycles. The van der Waals surface area contributed by atoms with Crippen molar-refractivity contribution in [2.24, 2.45) is 5.73 Å². The molecular formula is C11H12BrN3O2. The van der Waals surface area contributed by atoms with E-state index in [1.54, 1.807) is 17.9 Å². The molecule has 17 heavy (non-hydrogen) atoms. The molecule has 1 amide bonds. The van der Waals surface area contributed by atoms with Gasteiger partial charge in [0.2, 0.25) is 5.91 Å². The molecule has 0 fully saturated rings. The van der Waals surface area contributed by atoms with Gasteiger partial charge in [-0.25, -0.2) is 0 Å². The first-order chi connectivity index (χ1) is 8.00. The summed E-state index contributed by atoms with van der Waals surface area (Å²) in [5, 5.41) is 7.84. The Kier molecular flexibility index (Phi) is 3.06. The molecule has 1 aromatic carbocycles. The van der Waals surface area contributed by atoms with E-state index < -0.39 is 11.9 Å². The maximum Gasteiger partial charge on any atom is 0.240 e. The number of fused-ring (bicyclic) bond motifs is 1. The zero-order valence-electron chi connectivity index (χ0n) is 9.24. The number of hydrogen-bond acceptors (Lipinski definition) is 3. The topological polar surface area (TPSA) is 79.4 Å². The van der Waals surface area contributed by atoms with Crippen LogP contribution in [0.15, 0.2) is 22.7 Å². The molecular weight excluding hydrogens is 286 g/mol. The molecule has 0 bridgehead atoms. The Morgan fingerprint density at radius 2 is 2.35 bits per heavy atom. The summed E-state index contributed by atoms with van der Waals surface area (Å²) in [6, 6.07) is 4.88. The highest BCUT2D eigenvalue weighted by Crippen LogP contribution is 2.35. The Balaban J connectivity index is 2.47. The molecule has 0 saturated heterocycles. The van der Waals surface area contributed by atoms with Crippen molar-refractivity contribution < 1.29 is 9.53 Å². The van der Waals surface area contributed by atoms with E-state index >= 15 is 0 Å². The Labute approximate surface area is 107 Å². The monoisotopic (exact) mass is 297 g/mol. The van der Waals surface area contributed by atoms with Gasteiger partial charge in [0.1, 0.15) is 24.2 Å². The number of carbonyl (C=O) groups excluding carboxylic acids is 1. The fraction of sp³-hybridized carbons (Fsp3) is 0.273. The van der Waals surface area contributed by atoms with E-state index in [4.69, 9.17) is 15.9 Å². The quantitative estimate of drug-likeness (QED) is 0.868. The first kappa shape index (κ1) is 11.9. The molecule has 1 aromatic rings. The maximum absolute atomic E-state index is 11.3. The molecule has 1 heterocycles. The standard InChI is InChI=1S/C11H12BrN3O2/c1-6(11(14)16)15-8-3-2-7(12)4-9(8)17-5-10(15)13/h2-4,6,13H,5H2,1H3,(H2,14,16)/t6-/m1/s1. The highest BCUT2D eigenvalue weighted by atomic mass is 79.9. The first-order valence-electron chi connectivity index (χ1n) is 5.09. The number of carbonyl (C=O) groups is 1. The van der Waals surface area contributed by atoms with Gasteiger partial charge in [-0.3, -0.25) is 10.2 Å². The summed E-state index contributed by atoms with van der Waals surface area (Å²) >= 11 is 3.35. The van der Waals surface area contributed by atoms with E-state index in [0.29, 0.717) is 11.4 Å². The lowest BCUT2D eigenvalue weighted by molar-refractivity contribution is -0.118. The maximum atomic E-state index is 11.3. The number of amidine groups is 1. The second-order valence-corrected chi connectivity index (χ2v) is 4.71. The second-order valence-electron chi connectivity index (χ2n) is 3.80. The number of primary amides is 1. The number of hydrogen-bond donors (Lipinski definition) is 2. The van der Waals surface area contributed by atoms with E-state index in [9.17, 15) is 4.79 Å². The summed E-state index contributed by atoms with van der Waals surface area (Å²) in [6.45, 7) is 1.81. The normalized spacial score (nSPS) is 16.1. The average Bonchev–Trinajstić information content (AvgIpc) is 2.28. The molecule has 0 aliphatic carbocycles. The summed E-state index contributed by atoms with van der Waals surface area (Å²) in [6.07, 6.45) is 0. The van der Waals surface area contributed by atoms with E-state index in [0.717, 1.165) is 4.47 Å². The number of benzene rings is 1. The number of ether oxygens (including phenoxy) is 1. The third kappa shape index (κ3) is 2.12. The molecule has 0 radical (unpaired) electrons. The number of nitrogens with two attached hydrogens (primary N) is 1. The highest BCUT2D eigenvalue weighted by Gasteiger charge is 2.29. The molecule has 2 rings (SSSR count). The lowest BCUT2D eigenvalue weighted by Gasteiger charge is -2.34. The summed E-state index contributed by atoms with van der Waals surface area (Å²) in [4.78, 5) is 12.8. The van der Waals surface area contributed by atoms with E-state index in [1.165, 1.54) is 0 Å². The fourth-order valence-electron chi connectivity index (χ4n) is 1.73. The first-order valence-corrected chi connectivity index (χ1v) is 5.88. The lowest BCUT2D eigenvalue weighted by Crippen LogP contribution is -2.49. The zero-order chi connectivity index (χ0) is 12.6. The van der Waals surface area contributed by atoms with Crippen LogP contribution in [0.4, 0.5) is 5.69 Å². The SMILES string of the molecule is C[C@H](C(N)=O)N1C(=N)COc2cc(Br)ccc21.